The van der Waals surface area contributed by atoms with Crippen LogP contribution < -0.4 is 5.73 Å². The molecule has 0 aromatic rings. The van der Waals surface area contributed by atoms with Crippen LogP contribution in [0.15, 0.2) is 0 Å². The van der Waals surface area contributed by atoms with Gasteiger partial charge in [0.25, 0.3) is 0 Å². The molecule has 0 saturated heterocycles. The first-order chi connectivity index (χ1) is 8.83. The number of hydrogen-bond acceptors (Lipinski definition) is 1. The van der Waals surface area contributed by atoms with Crippen LogP contribution in [-0.4, -0.2) is 6.04 Å². The Bertz CT molecular complexity index is 218. The number of nitrogens with two attached hydrogens (primary N) is 1. The van der Waals surface area contributed by atoms with E-state index in [9.17, 15) is 0 Å². The third-order valence-electron chi connectivity index (χ3n) is 5.68. The topological polar surface area (TPSA) is 26.0 Å². The molecule has 2 rings (SSSR count). The van der Waals surface area contributed by atoms with Gasteiger partial charge in [0.15, 0.2) is 0 Å². The molecule has 1 heteroatoms. The second kappa shape index (κ2) is 7.53. The lowest BCUT2D eigenvalue weighted by molar-refractivity contribution is 0.148. The van der Waals surface area contributed by atoms with Gasteiger partial charge < -0.3 is 5.73 Å². The summed E-state index contributed by atoms with van der Waals surface area (Å²) in [5, 5.41) is 0. The number of hydrogen-bond donors (Lipinski definition) is 1. The van der Waals surface area contributed by atoms with Crippen molar-refractivity contribution in [2.24, 2.45) is 23.5 Å². The molecule has 2 aliphatic rings. The highest BCUT2D eigenvalue weighted by atomic mass is 14.7. The first-order valence-electron chi connectivity index (χ1n) is 8.58. The van der Waals surface area contributed by atoms with E-state index in [-0.39, 0.29) is 0 Å². The first kappa shape index (κ1) is 14.4. The van der Waals surface area contributed by atoms with Gasteiger partial charge in [0.1, 0.15) is 0 Å². The lowest BCUT2D eigenvalue weighted by atomic mass is 9.69. The van der Waals surface area contributed by atoms with Gasteiger partial charge in [0, 0.05) is 6.04 Å². The molecule has 0 heterocycles. The molecule has 0 radical (unpaired) electrons. The predicted molar refractivity (Wildman–Crippen MR) is 79.5 cm³/mol. The summed E-state index contributed by atoms with van der Waals surface area (Å²) < 4.78 is 0. The second-order valence-corrected chi connectivity index (χ2v) is 6.80. The Hall–Kier alpha value is -0.0400. The quantitative estimate of drug-likeness (QED) is 0.759. The minimum absolute atomic E-state index is 0.508. The van der Waals surface area contributed by atoms with Gasteiger partial charge in [-0.1, -0.05) is 64.7 Å². The molecule has 1 nitrogen and oxygen atoms in total. The monoisotopic (exact) mass is 251 g/mol. The van der Waals surface area contributed by atoms with Gasteiger partial charge in [-0.15, -0.1) is 0 Å². The molecule has 2 N–H and O–H groups in total. The van der Waals surface area contributed by atoms with Crippen LogP contribution in [0.5, 0.6) is 0 Å². The van der Waals surface area contributed by atoms with Crippen LogP contribution in [0.3, 0.4) is 0 Å². The zero-order chi connectivity index (χ0) is 12.8. The molecule has 0 amide bonds. The Morgan fingerprint density at radius 3 is 2.06 bits per heavy atom. The fraction of sp³-hybridized carbons (Fsp3) is 1.00. The Morgan fingerprint density at radius 2 is 1.39 bits per heavy atom. The maximum atomic E-state index is 6.71. The van der Waals surface area contributed by atoms with E-state index in [2.05, 4.69) is 6.92 Å². The van der Waals surface area contributed by atoms with E-state index in [1.54, 1.807) is 0 Å². The van der Waals surface area contributed by atoms with Crippen molar-refractivity contribution in [3.05, 3.63) is 0 Å². The number of rotatable bonds is 3. The lowest BCUT2D eigenvalue weighted by Gasteiger charge is -2.39. The average Bonchev–Trinajstić information content (AvgIpc) is 2.37. The molecule has 2 aliphatic carbocycles. The molecular weight excluding hydrogens is 218 g/mol. The minimum atomic E-state index is 0.508. The molecule has 3 atom stereocenters. The van der Waals surface area contributed by atoms with E-state index in [1.807, 2.05) is 0 Å². The largest absolute Gasteiger partial charge is 0.327 e. The molecule has 0 aliphatic heterocycles. The standard InChI is InChI=1S/C17H33N/c1-2-14-10-8-9-13-16(14)17(18)15-11-6-4-3-5-7-12-15/h14-17H,2-13,18H2,1H3. The highest BCUT2D eigenvalue weighted by molar-refractivity contribution is 4.87. The Labute approximate surface area is 114 Å². The Balaban J connectivity index is 1.92. The lowest BCUT2D eigenvalue weighted by Crippen LogP contribution is -2.42. The van der Waals surface area contributed by atoms with Gasteiger partial charge in [-0.3, -0.25) is 0 Å². The summed E-state index contributed by atoms with van der Waals surface area (Å²) in [6.07, 6.45) is 17.1. The van der Waals surface area contributed by atoms with E-state index < -0.39 is 0 Å². The predicted octanol–water partition coefficient (Wildman–Crippen LogP) is 4.89. The molecule has 18 heavy (non-hydrogen) atoms. The van der Waals surface area contributed by atoms with E-state index >= 15 is 0 Å². The highest BCUT2D eigenvalue weighted by Crippen LogP contribution is 2.38. The summed E-state index contributed by atoms with van der Waals surface area (Å²) in [6, 6.07) is 0.508. The summed E-state index contributed by atoms with van der Waals surface area (Å²) in [5.41, 5.74) is 6.71. The van der Waals surface area contributed by atoms with Crippen LogP contribution in [0.1, 0.15) is 84.0 Å². The van der Waals surface area contributed by atoms with Crippen LogP contribution in [-0.2, 0) is 0 Å². The average molecular weight is 251 g/mol. The van der Waals surface area contributed by atoms with Gasteiger partial charge in [0.2, 0.25) is 0 Å². The third kappa shape index (κ3) is 3.73. The van der Waals surface area contributed by atoms with E-state index in [1.165, 1.54) is 77.0 Å². The van der Waals surface area contributed by atoms with Gasteiger partial charge in [-0.2, -0.15) is 0 Å². The van der Waals surface area contributed by atoms with Crippen molar-refractivity contribution in [3.63, 3.8) is 0 Å². The van der Waals surface area contributed by atoms with Crippen LogP contribution in [0, 0.1) is 17.8 Å². The third-order valence-corrected chi connectivity index (χ3v) is 5.68. The summed E-state index contributed by atoms with van der Waals surface area (Å²) in [6.45, 7) is 2.37. The molecule has 3 unspecified atom stereocenters. The van der Waals surface area contributed by atoms with Gasteiger partial charge >= 0.3 is 0 Å². The molecule has 0 spiro atoms. The Kier molecular flexibility index (Phi) is 6.01. The molecule has 2 saturated carbocycles. The van der Waals surface area contributed by atoms with Crippen LogP contribution >= 0.6 is 0 Å². The molecular formula is C17H33N. The zero-order valence-electron chi connectivity index (χ0n) is 12.4. The molecule has 0 bridgehead atoms. The van der Waals surface area contributed by atoms with Crippen molar-refractivity contribution < 1.29 is 0 Å². The molecule has 2 fully saturated rings. The van der Waals surface area contributed by atoms with Crippen molar-refractivity contribution in [1.82, 2.24) is 0 Å². The van der Waals surface area contributed by atoms with Crippen molar-refractivity contribution in [1.29, 1.82) is 0 Å². The van der Waals surface area contributed by atoms with E-state index in [0.29, 0.717) is 6.04 Å². The summed E-state index contributed by atoms with van der Waals surface area (Å²) >= 11 is 0. The normalized spacial score (nSPS) is 33.7. The highest BCUT2D eigenvalue weighted by Gasteiger charge is 2.32. The maximum absolute atomic E-state index is 6.71. The van der Waals surface area contributed by atoms with Gasteiger partial charge in [0.05, 0.1) is 0 Å². The van der Waals surface area contributed by atoms with Crippen molar-refractivity contribution in [2.45, 2.75) is 90.0 Å². The molecule has 0 aromatic heterocycles. The zero-order valence-corrected chi connectivity index (χ0v) is 12.4. The summed E-state index contributed by atoms with van der Waals surface area (Å²) in [5.74, 6) is 2.61. The molecule has 0 aromatic carbocycles. The summed E-state index contributed by atoms with van der Waals surface area (Å²) in [7, 11) is 0. The summed E-state index contributed by atoms with van der Waals surface area (Å²) in [4.78, 5) is 0. The van der Waals surface area contributed by atoms with E-state index in [0.717, 1.165) is 17.8 Å². The fourth-order valence-electron chi connectivity index (χ4n) is 4.47. The van der Waals surface area contributed by atoms with Crippen molar-refractivity contribution in [2.75, 3.05) is 0 Å². The SMILES string of the molecule is CCC1CCCCC1C(N)C1CCCCCCC1. The second-order valence-electron chi connectivity index (χ2n) is 6.80. The smallest absolute Gasteiger partial charge is 0.00982 e. The van der Waals surface area contributed by atoms with Crippen LogP contribution in [0.2, 0.25) is 0 Å². The van der Waals surface area contributed by atoms with E-state index in [4.69, 9.17) is 5.73 Å². The Morgan fingerprint density at radius 1 is 0.833 bits per heavy atom. The first-order valence-corrected chi connectivity index (χ1v) is 8.58. The van der Waals surface area contributed by atoms with Gasteiger partial charge in [-0.05, 0) is 37.0 Å². The van der Waals surface area contributed by atoms with Crippen molar-refractivity contribution >= 4 is 0 Å². The van der Waals surface area contributed by atoms with Gasteiger partial charge in [-0.25, -0.2) is 0 Å². The fourth-order valence-corrected chi connectivity index (χ4v) is 4.47. The maximum Gasteiger partial charge on any atom is 0.00982 e. The molecule has 106 valence electrons. The minimum Gasteiger partial charge on any atom is -0.327 e. The van der Waals surface area contributed by atoms with Crippen LogP contribution in [0.25, 0.3) is 0 Å². The van der Waals surface area contributed by atoms with Crippen molar-refractivity contribution in [3.8, 4) is 0 Å². The van der Waals surface area contributed by atoms with Crippen LogP contribution in [0.4, 0.5) is 0 Å².